The van der Waals surface area contributed by atoms with E-state index in [1.807, 2.05) is 0 Å². The molecule has 0 spiro atoms. The molecule has 0 aromatic heterocycles. The van der Waals surface area contributed by atoms with E-state index in [0.29, 0.717) is 0 Å². The van der Waals surface area contributed by atoms with Crippen LogP contribution in [-0.4, -0.2) is 6.71 Å². The number of para-hydroxylation sites is 3. The summed E-state index contributed by atoms with van der Waals surface area (Å²) in [5, 5.41) is 5.30. The van der Waals surface area contributed by atoms with E-state index >= 15 is 0 Å². The number of hydrogen-bond acceptors (Lipinski definition) is 3. The van der Waals surface area contributed by atoms with Crippen LogP contribution in [0.1, 0.15) is 0 Å². The lowest BCUT2D eigenvalue weighted by Gasteiger charge is -2.52. The van der Waals surface area contributed by atoms with E-state index in [1.165, 1.54) is 111 Å². The molecule has 0 radical (unpaired) electrons. The number of benzene rings is 8. The average Bonchev–Trinajstić information content (AvgIpc) is 3.15. The summed E-state index contributed by atoms with van der Waals surface area (Å²) in [5.74, 6) is 0. The molecule has 8 aromatic carbocycles. The molecular formula is C44H24BN3. The fourth-order valence-corrected chi connectivity index (χ4v) is 9.91. The van der Waals surface area contributed by atoms with Crippen LogP contribution >= 0.6 is 0 Å². The van der Waals surface area contributed by atoms with Crippen LogP contribution in [0.3, 0.4) is 0 Å². The summed E-state index contributed by atoms with van der Waals surface area (Å²) < 4.78 is 0. The van der Waals surface area contributed by atoms with Crippen molar-refractivity contribution in [1.82, 2.24) is 0 Å². The third-order valence-electron chi connectivity index (χ3n) is 11.5. The molecule has 0 unspecified atom stereocenters. The molecule has 0 fully saturated rings. The van der Waals surface area contributed by atoms with E-state index in [4.69, 9.17) is 0 Å². The molecule has 0 bridgehead atoms. The molecule has 0 aliphatic carbocycles. The highest BCUT2D eigenvalue weighted by atomic mass is 15.2. The normalized spacial score (nSPS) is 14.5. The summed E-state index contributed by atoms with van der Waals surface area (Å²) in [4.78, 5) is 7.75. The standard InChI is InChI=1S/C44H24BN3/c1-3-13-27(14-4-1)46-33-21-10-22-34-39(33)45-40-35(46)23-25-11-7-17-29-31-19-9-20-32-30-18-8-12-26-24-36(47(34)28-15-5-2-6-16-28)41(45)44(38(26)30)48(42(31)32)43(40)37(25)29/h1-24H. The Labute approximate surface area is 277 Å². The second-order valence-electron chi connectivity index (χ2n) is 13.6. The summed E-state index contributed by atoms with van der Waals surface area (Å²) in [5.41, 5.74) is 21.0. The second kappa shape index (κ2) is 7.99. The Bertz CT molecular complexity index is 2620. The van der Waals surface area contributed by atoms with Gasteiger partial charge in [0.25, 0.3) is 6.71 Å². The molecule has 0 saturated heterocycles. The fraction of sp³-hybridized carbons (Fsp3) is 0. The predicted molar refractivity (Wildman–Crippen MR) is 202 cm³/mol. The molecule has 0 N–H and O–H groups in total. The molecule has 218 valence electrons. The van der Waals surface area contributed by atoms with Gasteiger partial charge in [-0.25, -0.2) is 0 Å². The monoisotopic (exact) mass is 605 g/mol. The Hall–Kier alpha value is -6.26. The number of anilines is 9. The van der Waals surface area contributed by atoms with Crippen LogP contribution < -0.4 is 31.1 Å². The molecule has 5 aliphatic rings. The second-order valence-corrected chi connectivity index (χ2v) is 13.6. The summed E-state index contributed by atoms with van der Waals surface area (Å²) >= 11 is 0. The Morgan fingerprint density at radius 2 is 0.792 bits per heavy atom. The van der Waals surface area contributed by atoms with E-state index in [2.05, 4.69) is 160 Å². The average molecular weight is 606 g/mol. The maximum Gasteiger partial charge on any atom is 0.257 e. The minimum atomic E-state index is 0.101. The number of hydrogen-bond donors (Lipinski definition) is 0. The first-order valence-electron chi connectivity index (χ1n) is 16.8. The third-order valence-corrected chi connectivity index (χ3v) is 11.5. The van der Waals surface area contributed by atoms with Crippen molar-refractivity contribution in [2.75, 3.05) is 14.7 Å². The molecule has 3 nitrogen and oxygen atoms in total. The predicted octanol–water partition coefficient (Wildman–Crippen LogP) is 9.82. The maximum atomic E-state index is 2.69. The van der Waals surface area contributed by atoms with Gasteiger partial charge in [-0.15, -0.1) is 0 Å². The Balaban J connectivity index is 1.31. The van der Waals surface area contributed by atoms with Crippen molar-refractivity contribution in [3.8, 4) is 22.3 Å². The van der Waals surface area contributed by atoms with Gasteiger partial charge in [0.15, 0.2) is 0 Å². The maximum absolute atomic E-state index is 2.69. The van der Waals surface area contributed by atoms with Crippen molar-refractivity contribution in [1.29, 1.82) is 0 Å². The van der Waals surface area contributed by atoms with E-state index in [9.17, 15) is 0 Å². The van der Waals surface area contributed by atoms with Gasteiger partial charge >= 0.3 is 0 Å². The Morgan fingerprint density at radius 1 is 0.333 bits per heavy atom. The van der Waals surface area contributed by atoms with Crippen LogP contribution in [0.4, 0.5) is 51.2 Å². The van der Waals surface area contributed by atoms with Gasteiger partial charge in [-0.1, -0.05) is 97.1 Å². The van der Waals surface area contributed by atoms with Crippen molar-refractivity contribution >= 4 is 95.8 Å². The molecule has 5 heterocycles. The van der Waals surface area contributed by atoms with Gasteiger partial charge in [-0.3, -0.25) is 0 Å². The lowest BCUT2D eigenvalue weighted by Crippen LogP contribution is -2.65. The van der Waals surface area contributed by atoms with Crippen molar-refractivity contribution in [2.45, 2.75) is 0 Å². The van der Waals surface area contributed by atoms with Crippen molar-refractivity contribution < 1.29 is 0 Å². The number of fused-ring (bicyclic) bond motifs is 2. The van der Waals surface area contributed by atoms with Gasteiger partial charge < -0.3 is 14.7 Å². The molecule has 0 saturated carbocycles. The van der Waals surface area contributed by atoms with E-state index < -0.39 is 0 Å². The van der Waals surface area contributed by atoms with Crippen molar-refractivity contribution in [2.24, 2.45) is 0 Å². The summed E-state index contributed by atoms with van der Waals surface area (Å²) in [6, 6.07) is 54.5. The largest absolute Gasteiger partial charge is 0.311 e. The van der Waals surface area contributed by atoms with Crippen LogP contribution in [0.25, 0.3) is 43.8 Å². The fourth-order valence-electron chi connectivity index (χ4n) is 9.91. The Morgan fingerprint density at radius 3 is 1.31 bits per heavy atom. The molecule has 5 aliphatic heterocycles. The SMILES string of the molecule is c1ccc(N2c3cccc4c3B3c5c2cc2cccc6c2c5N2c5c-6cccc5-c5cccc6cc(c3c2c56)N4c2ccccc2)cc1. The highest BCUT2D eigenvalue weighted by Gasteiger charge is 2.52. The van der Waals surface area contributed by atoms with Crippen LogP contribution in [-0.2, 0) is 0 Å². The molecule has 48 heavy (non-hydrogen) atoms. The number of nitrogens with zero attached hydrogens (tertiary/aromatic N) is 3. The van der Waals surface area contributed by atoms with Crippen LogP contribution in [0.5, 0.6) is 0 Å². The lowest BCUT2D eigenvalue weighted by atomic mass is 9.31. The van der Waals surface area contributed by atoms with Crippen LogP contribution in [0, 0.1) is 0 Å². The summed E-state index contributed by atoms with van der Waals surface area (Å²) in [6.45, 7) is 0.101. The zero-order chi connectivity index (χ0) is 30.8. The number of rotatable bonds is 2. The van der Waals surface area contributed by atoms with Gasteiger partial charge in [0.2, 0.25) is 0 Å². The molecule has 4 heteroatoms. The van der Waals surface area contributed by atoms with E-state index in [1.54, 1.807) is 0 Å². The van der Waals surface area contributed by atoms with Gasteiger partial charge in [0, 0.05) is 56.0 Å². The molecular weight excluding hydrogens is 581 g/mol. The minimum absolute atomic E-state index is 0.101. The first kappa shape index (κ1) is 24.0. The van der Waals surface area contributed by atoms with Crippen molar-refractivity contribution in [3.05, 3.63) is 146 Å². The minimum Gasteiger partial charge on any atom is -0.311 e. The molecule has 13 rings (SSSR count). The van der Waals surface area contributed by atoms with Gasteiger partial charge in [-0.05, 0) is 86.8 Å². The zero-order valence-corrected chi connectivity index (χ0v) is 25.8. The summed E-state index contributed by atoms with van der Waals surface area (Å²) in [7, 11) is 0. The van der Waals surface area contributed by atoms with E-state index in [0.717, 1.165) is 0 Å². The first-order chi connectivity index (χ1) is 23.9. The lowest BCUT2D eigenvalue weighted by molar-refractivity contribution is 1.23. The Kier molecular flexibility index (Phi) is 3.99. The van der Waals surface area contributed by atoms with Crippen molar-refractivity contribution in [3.63, 3.8) is 0 Å². The first-order valence-corrected chi connectivity index (χ1v) is 16.8. The zero-order valence-electron chi connectivity index (χ0n) is 25.8. The van der Waals surface area contributed by atoms with E-state index in [-0.39, 0.29) is 6.71 Å². The summed E-state index contributed by atoms with van der Waals surface area (Å²) in [6.07, 6.45) is 0. The molecule has 0 atom stereocenters. The van der Waals surface area contributed by atoms with Gasteiger partial charge in [0.1, 0.15) is 0 Å². The molecule has 0 amide bonds. The highest BCUT2D eigenvalue weighted by molar-refractivity contribution is 7.03. The van der Waals surface area contributed by atoms with Gasteiger partial charge in [-0.2, -0.15) is 0 Å². The highest BCUT2D eigenvalue weighted by Crippen LogP contribution is 2.62. The smallest absolute Gasteiger partial charge is 0.257 e. The third kappa shape index (κ3) is 2.52. The van der Waals surface area contributed by atoms with Crippen LogP contribution in [0.2, 0.25) is 0 Å². The quantitative estimate of drug-likeness (QED) is 0.182. The topological polar surface area (TPSA) is 9.72 Å². The van der Waals surface area contributed by atoms with Crippen LogP contribution in [0.15, 0.2) is 146 Å². The van der Waals surface area contributed by atoms with Gasteiger partial charge in [0.05, 0.1) is 17.1 Å². The molecule has 8 aromatic rings.